The Bertz CT molecular complexity index is 839. The van der Waals surface area contributed by atoms with Gasteiger partial charge in [0.1, 0.15) is 0 Å². The lowest BCUT2D eigenvalue weighted by Crippen LogP contribution is -2.37. The number of pyridine rings is 1. The largest absolute Gasteiger partial charge is 0.356 e. The first kappa shape index (κ1) is 19.7. The first-order valence-electron chi connectivity index (χ1n) is 8.08. The summed E-state index contributed by atoms with van der Waals surface area (Å²) in [5.41, 5.74) is 3.66. The highest BCUT2D eigenvalue weighted by Crippen LogP contribution is 2.16. The predicted molar refractivity (Wildman–Crippen MR) is 118 cm³/mol. The van der Waals surface area contributed by atoms with Crippen LogP contribution in [0.25, 0.3) is 10.9 Å². The number of thiophene rings is 1. The molecule has 0 fully saturated rings. The molecule has 3 aromatic rings. The summed E-state index contributed by atoms with van der Waals surface area (Å²) < 4.78 is 0. The zero-order valence-corrected chi connectivity index (χ0v) is 17.6. The number of aryl methyl sites for hydroxylation is 1. The zero-order chi connectivity index (χ0) is 16.8. The monoisotopic (exact) mass is 466 g/mol. The molecule has 0 aliphatic rings. The van der Waals surface area contributed by atoms with Gasteiger partial charge in [-0.3, -0.25) is 9.98 Å². The number of aliphatic imine (C=N–C) groups is 1. The van der Waals surface area contributed by atoms with Crippen molar-refractivity contribution in [3.8, 4) is 0 Å². The van der Waals surface area contributed by atoms with Crippen LogP contribution in [0.3, 0.4) is 0 Å². The molecule has 0 saturated heterocycles. The van der Waals surface area contributed by atoms with Gasteiger partial charge in [0.05, 0.1) is 12.1 Å². The highest BCUT2D eigenvalue weighted by atomic mass is 127. The molecule has 0 amide bonds. The first-order valence-corrected chi connectivity index (χ1v) is 8.96. The molecule has 0 aliphatic carbocycles. The van der Waals surface area contributed by atoms with Crippen LogP contribution in [0.5, 0.6) is 0 Å². The molecule has 0 aliphatic heterocycles. The SMILES string of the molecule is CN=C(NCCc1cccc2cccnc12)NCc1sccc1C.I. The average molecular weight is 466 g/mol. The Kier molecular flexibility index (Phi) is 7.64. The molecule has 0 unspecified atom stereocenters. The molecule has 4 nitrogen and oxygen atoms in total. The second kappa shape index (κ2) is 9.72. The van der Waals surface area contributed by atoms with Crippen LogP contribution < -0.4 is 10.6 Å². The highest BCUT2D eigenvalue weighted by molar-refractivity contribution is 14.0. The summed E-state index contributed by atoms with van der Waals surface area (Å²) in [6.07, 6.45) is 2.76. The molecule has 0 bridgehead atoms. The van der Waals surface area contributed by atoms with E-state index in [0.29, 0.717) is 0 Å². The Labute approximate surface area is 169 Å². The van der Waals surface area contributed by atoms with E-state index in [1.807, 2.05) is 12.3 Å². The van der Waals surface area contributed by atoms with E-state index in [9.17, 15) is 0 Å². The molecule has 0 radical (unpaired) electrons. The molecule has 0 saturated carbocycles. The van der Waals surface area contributed by atoms with E-state index in [0.717, 1.165) is 31.0 Å². The van der Waals surface area contributed by atoms with E-state index < -0.39 is 0 Å². The quantitative estimate of drug-likeness (QED) is 0.338. The Balaban J connectivity index is 0.00000225. The van der Waals surface area contributed by atoms with E-state index in [4.69, 9.17) is 0 Å². The van der Waals surface area contributed by atoms with Crippen LogP contribution in [0.2, 0.25) is 0 Å². The smallest absolute Gasteiger partial charge is 0.191 e. The van der Waals surface area contributed by atoms with E-state index in [1.54, 1.807) is 18.4 Å². The number of hydrogen-bond donors (Lipinski definition) is 2. The van der Waals surface area contributed by atoms with Crippen molar-refractivity contribution in [2.24, 2.45) is 4.99 Å². The molecule has 2 N–H and O–H groups in total. The standard InChI is InChI=1S/C19H22N4S.HI/c1-14-9-12-24-17(14)13-23-19(20-2)22-11-8-16-6-3-5-15-7-4-10-21-18(15)16;/h3-7,9-10,12H,8,11,13H2,1-2H3,(H2,20,22,23);1H. The maximum atomic E-state index is 4.51. The Morgan fingerprint density at radius 1 is 1.16 bits per heavy atom. The Morgan fingerprint density at radius 2 is 2.00 bits per heavy atom. The fraction of sp³-hybridized carbons (Fsp3) is 0.263. The normalized spacial score (nSPS) is 11.2. The summed E-state index contributed by atoms with van der Waals surface area (Å²) >= 11 is 1.77. The minimum absolute atomic E-state index is 0. The van der Waals surface area contributed by atoms with Crippen molar-refractivity contribution in [1.82, 2.24) is 15.6 Å². The second-order valence-corrected chi connectivity index (χ2v) is 6.62. The van der Waals surface area contributed by atoms with Crippen molar-refractivity contribution >= 4 is 52.2 Å². The zero-order valence-electron chi connectivity index (χ0n) is 14.5. The van der Waals surface area contributed by atoms with Crippen LogP contribution in [0, 0.1) is 6.92 Å². The van der Waals surface area contributed by atoms with Crippen LogP contribution in [0.1, 0.15) is 16.0 Å². The number of nitrogens with zero attached hydrogens (tertiary/aromatic N) is 2. The Morgan fingerprint density at radius 3 is 2.76 bits per heavy atom. The van der Waals surface area contributed by atoms with E-state index >= 15 is 0 Å². The summed E-state index contributed by atoms with van der Waals surface area (Å²) in [5.74, 6) is 0.830. The fourth-order valence-electron chi connectivity index (χ4n) is 2.65. The number of para-hydroxylation sites is 1. The lowest BCUT2D eigenvalue weighted by Gasteiger charge is -2.12. The van der Waals surface area contributed by atoms with Crippen molar-refractivity contribution < 1.29 is 0 Å². The molecule has 132 valence electrons. The van der Waals surface area contributed by atoms with Crippen molar-refractivity contribution in [3.05, 3.63) is 64.0 Å². The lowest BCUT2D eigenvalue weighted by molar-refractivity contribution is 0.799. The van der Waals surface area contributed by atoms with Gasteiger partial charge in [-0.25, -0.2) is 0 Å². The van der Waals surface area contributed by atoms with Crippen molar-refractivity contribution in [2.75, 3.05) is 13.6 Å². The van der Waals surface area contributed by atoms with E-state index in [-0.39, 0.29) is 24.0 Å². The first-order chi connectivity index (χ1) is 11.8. The van der Waals surface area contributed by atoms with Gasteiger partial charge in [-0.2, -0.15) is 0 Å². The van der Waals surface area contributed by atoms with Gasteiger partial charge in [-0.1, -0.05) is 24.3 Å². The van der Waals surface area contributed by atoms with Gasteiger partial charge < -0.3 is 10.6 Å². The van der Waals surface area contributed by atoms with Gasteiger partial charge in [0.25, 0.3) is 0 Å². The Hall–Kier alpha value is -1.67. The summed E-state index contributed by atoms with van der Waals surface area (Å²) in [7, 11) is 1.80. The number of aromatic nitrogens is 1. The van der Waals surface area contributed by atoms with Crippen molar-refractivity contribution in [2.45, 2.75) is 19.9 Å². The third-order valence-corrected chi connectivity index (χ3v) is 5.03. The van der Waals surface area contributed by atoms with Crippen LogP contribution in [0.15, 0.2) is 53.0 Å². The number of benzene rings is 1. The topological polar surface area (TPSA) is 49.3 Å². The van der Waals surface area contributed by atoms with Crippen molar-refractivity contribution in [1.29, 1.82) is 0 Å². The van der Waals surface area contributed by atoms with Gasteiger partial charge in [0.2, 0.25) is 0 Å². The average Bonchev–Trinajstić information content (AvgIpc) is 3.03. The molecule has 0 atom stereocenters. The summed E-state index contributed by atoms with van der Waals surface area (Å²) in [5, 5.41) is 10.1. The summed E-state index contributed by atoms with van der Waals surface area (Å²) in [6, 6.07) is 12.6. The number of halogens is 1. The van der Waals surface area contributed by atoms with Gasteiger partial charge >= 0.3 is 0 Å². The maximum Gasteiger partial charge on any atom is 0.191 e. The van der Waals surface area contributed by atoms with Gasteiger partial charge in [0.15, 0.2) is 5.96 Å². The second-order valence-electron chi connectivity index (χ2n) is 5.62. The molecular formula is C19H23IN4S. The summed E-state index contributed by atoms with van der Waals surface area (Å²) in [6.45, 7) is 3.76. The maximum absolute atomic E-state index is 4.51. The third kappa shape index (κ3) is 5.15. The fourth-order valence-corrected chi connectivity index (χ4v) is 3.50. The molecule has 3 rings (SSSR count). The van der Waals surface area contributed by atoms with Crippen LogP contribution in [-0.2, 0) is 13.0 Å². The molecule has 2 aromatic heterocycles. The number of rotatable bonds is 5. The van der Waals surface area contributed by atoms with Crippen LogP contribution in [0.4, 0.5) is 0 Å². The van der Waals surface area contributed by atoms with E-state index in [1.165, 1.54) is 21.4 Å². The molecule has 25 heavy (non-hydrogen) atoms. The van der Waals surface area contributed by atoms with Gasteiger partial charge in [0, 0.05) is 30.1 Å². The highest BCUT2D eigenvalue weighted by Gasteiger charge is 2.04. The predicted octanol–water partition coefficient (Wildman–Crippen LogP) is 4.13. The summed E-state index contributed by atoms with van der Waals surface area (Å²) in [4.78, 5) is 10.1. The lowest BCUT2D eigenvalue weighted by atomic mass is 10.1. The number of nitrogens with one attached hydrogen (secondary N) is 2. The minimum atomic E-state index is 0. The van der Waals surface area contributed by atoms with E-state index in [2.05, 4.69) is 63.2 Å². The minimum Gasteiger partial charge on any atom is -0.356 e. The number of hydrogen-bond acceptors (Lipinski definition) is 3. The van der Waals surface area contributed by atoms with Gasteiger partial charge in [-0.15, -0.1) is 35.3 Å². The van der Waals surface area contributed by atoms with Gasteiger partial charge in [-0.05, 0) is 42.0 Å². The molecular weight excluding hydrogens is 443 g/mol. The molecule has 0 spiro atoms. The molecule has 6 heteroatoms. The third-order valence-electron chi connectivity index (χ3n) is 4.01. The molecule has 2 heterocycles. The molecule has 1 aromatic carbocycles. The van der Waals surface area contributed by atoms with Crippen LogP contribution >= 0.6 is 35.3 Å². The van der Waals surface area contributed by atoms with Crippen molar-refractivity contribution in [3.63, 3.8) is 0 Å². The number of guanidine groups is 1. The number of fused-ring (bicyclic) bond motifs is 1. The van der Waals surface area contributed by atoms with Crippen LogP contribution in [-0.4, -0.2) is 24.5 Å².